The number of amides is 1. The fourth-order valence-electron chi connectivity index (χ4n) is 8.83. The number of ether oxygens (including phenoxy) is 1. The van der Waals surface area contributed by atoms with E-state index in [-0.39, 0.29) is 29.7 Å². The smallest absolute Gasteiger partial charge is 0.319 e. The number of halogens is 3. The topological polar surface area (TPSA) is 100 Å². The summed E-state index contributed by atoms with van der Waals surface area (Å²) in [5.74, 6) is 0.872. The Morgan fingerprint density at radius 3 is 2.64 bits per heavy atom. The second-order valence-electron chi connectivity index (χ2n) is 14.4. The lowest BCUT2D eigenvalue weighted by Crippen LogP contribution is -2.63. The lowest BCUT2D eigenvalue weighted by molar-refractivity contribution is -0.142. The van der Waals surface area contributed by atoms with Crippen LogP contribution >= 0.6 is 0 Å². The molecule has 13 heteroatoms. The van der Waals surface area contributed by atoms with Crippen molar-refractivity contribution in [2.45, 2.75) is 49.4 Å². The first-order chi connectivity index (χ1) is 25.8. The Kier molecular flexibility index (Phi) is 8.03. The van der Waals surface area contributed by atoms with Crippen LogP contribution in [0.4, 0.5) is 19.0 Å². The molecule has 3 atom stereocenters. The predicted molar refractivity (Wildman–Crippen MR) is 194 cm³/mol. The molecule has 5 aromatic rings. The van der Waals surface area contributed by atoms with E-state index in [9.17, 15) is 9.18 Å². The normalized spacial score (nSPS) is 24.2. The first-order valence-electron chi connectivity index (χ1n) is 17.9. The number of hydrogen-bond acceptors (Lipinski definition) is 9. The van der Waals surface area contributed by atoms with Gasteiger partial charge in [-0.3, -0.25) is 14.7 Å². The molecule has 0 saturated carbocycles. The number of carbonyl (C=O) groups is 1. The molecule has 4 aliphatic rings. The van der Waals surface area contributed by atoms with Gasteiger partial charge in [0.2, 0.25) is 0 Å². The lowest BCUT2D eigenvalue weighted by atomic mass is 9.83. The fourth-order valence-corrected chi connectivity index (χ4v) is 8.83. The van der Waals surface area contributed by atoms with Crippen molar-refractivity contribution in [2.24, 2.45) is 0 Å². The third-order valence-electron chi connectivity index (χ3n) is 11.5. The van der Waals surface area contributed by atoms with Crippen molar-refractivity contribution in [1.82, 2.24) is 34.7 Å². The zero-order valence-corrected chi connectivity index (χ0v) is 28.8. The number of aromatic nitrogens is 5. The van der Waals surface area contributed by atoms with Crippen molar-refractivity contribution in [3.05, 3.63) is 84.1 Å². The van der Waals surface area contributed by atoms with E-state index in [1.165, 1.54) is 12.4 Å². The van der Waals surface area contributed by atoms with Crippen LogP contribution in [0.5, 0.6) is 6.01 Å². The molecule has 7 heterocycles. The third kappa shape index (κ3) is 5.55. The molecule has 53 heavy (non-hydrogen) atoms. The number of benzene rings is 2. The predicted octanol–water partition coefficient (Wildman–Crippen LogP) is 5.90. The highest BCUT2D eigenvalue weighted by atomic mass is 19.1. The van der Waals surface area contributed by atoms with Gasteiger partial charge in [-0.2, -0.15) is 9.97 Å². The SMILES string of the molecule is C#Cc1cccc2cccc(-c3ncc4c(N5CCC6(CCN6C(=O)/C(F)=C/c6ncccn6)C5)nc(OC[C@@]56CCCN5C[C@H](F)C6)nc4c3F)c12. The molecule has 2 aromatic carbocycles. The molecule has 0 aliphatic carbocycles. The van der Waals surface area contributed by atoms with Gasteiger partial charge in [-0.15, -0.1) is 6.42 Å². The van der Waals surface area contributed by atoms with Crippen molar-refractivity contribution < 1.29 is 22.7 Å². The maximum absolute atomic E-state index is 17.0. The highest BCUT2D eigenvalue weighted by Gasteiger charge is 2.53. The van der Waals surface area contributed by atoms with Crippen molar-refractivity contribution in [1.29, 1.82) is 0 Å². The van der Waals surface area contributed by atoms with E-state index in [1.54, 1.807) is 23.2 Å². The Balaban J connectivity index is 1.09. The molecular weight excluding hydrogens is 681 g/mol. The van der Waals surface area contributed by atoms with Gasteiger partial charge in [-0.05, 0) is 49.7 Å². The number of hydrogen-bond donors (Lipinski definition) is 0. The number of anilines is 1. The summed E-state index contributed by atoms with van der Waals surface area (Å²) < 4.78 is 53.1. The fraction of sp³-hybridized carbons (Fsp3) is 0.350. The van der Waals surface area contributed by atoms with Crippen molar-refractivity contribution in [2.75, 3.05) is 44.2 Å². The molecule has 1 spiro atoms. The number of terminal acetylenes is 1. The maximum Gasteiger partial charge on any atom is 0.319 e. The molecule has 9 rings (SSSR count). The summed E-state index contributed by atoms with van der Waals surface area (Å²) in [6, 6.07) is 12.7. The van der Waals surface area contributed by atoms with Crippen LogP contribution in [0, 0.1) is 18.2 Å². The van der Waals surface area contributed by atoms with Gasteiger partial charge in [0.25, 0.3) is 5.91 Å². The van der Waals surface area contributed by atoms with Crippen molar-refractivity contribution >= 4 is 39.5 Å². The molecule has 1 amide bonds. The molecule has 4 saturated heterocycles. The average molecular weight is 717 g/mol. The van der Waals surface area contributed by atoms with E-state index in [0.29, 0.717) is 73.2 Å². The van der Waals surface area contributed by atoms with E-state index >= 15 is 8.78 Å². The highest BCUT2D eigenvalue weighted by Crippen LogP contribution is 2.44. The summed E-state index contributed by atoms with van der Waals surface area (Å²) in [5.41, 5.74) is 0.109. The van der Waals surface area contributed by atoms with E-state index < -0.39 is 34.8 Å². The Morgan fingerprint density at radius 1 is 1.04 bits per heavy atom. The summed E-state index contributed by atoms with van der Waals surface area (Å²) in [6.45, 7) is 2.50. The maximum atomic E-state index is 17.0. The molecule has 3 aromatic heterocycles. The van der Waals surface area contributed by atoms with Gasteiger partial charge < -0.3 is 14.5 Å². The van der Waals surface area contributed by atoms with Gasteiger partial charge >= 0.3 is 6.01 Å². The minimum atomic E-state index is -0.945. The molecule has 0 N–H and O–H groups in total. The summed E-state index contributed by atoms with van der Waals surface area (Å²) in [4.78, 5) is 41.1. The second-order valence-corrected chi connectivity index (χ2v) is 14.4. The number of pyridine rings is 1. The number of fused-ring (bicyclic) bond motifs is 3. The quantitative estimate of drug-likeness (QED) is 0.151. The Morgan fingerprint density at radius 2 is 1.85 bits per heavy atom. The third-order valence-corrected chi connectivity index (χ3v) is 11.5. The van der Waals surface area contributed by atoms with Gasteiger partial charge in [0.05, 0.1) is 16.5 Å². The van der Waals surface area contributed by atoms with Crippen LogP contribution in [-0.2, 0) is 4.79 Å². The van der Waals surface area contributed by atoms with Crippen molar-refractivity contribution in [3.8, 4) is 29.6 Å². The highest BCUT2D eigenvalue weighted by molar-refractivity contribution is 6.02. The largest absolute Gasteiger partial charge is 0.461 e. The molecule has 4 aliphatic heterocycles. The lowest BCUT2D eigenvalue weighted by Gasteiger charge is -2.50. The van der Waals surface area contributed by atoms with Crippen LogP contribution in [0.3, 0.4) is 0 Å². The van der Waals surface area contributed by atoms with Crippen LogP contribution in [0.1, 0.15) is 43.5 Å². The van der Waals surface area contributed by atoms with Crippen LogP contribution in [0.15, 0.2) is 66.9 Å². The van der Waals surface area contributed by atoms with Crippen LogP contribution in [-0.4, -0.2) is 97.2 Å². The van der Waals surface area contributed by atoms with Crippen LogP contribution in [0.25, 0.3) is 39.0 Å². The van der Waals surface area contributed by atoms with Gasteiger partial charge in [-0.25, -0.2) is 23.1 Å². The zero-order valence-electron chi connectivity index (χ0n) is 28.8. The van der Waals surface area contributed by atoms with E-state index in [4.69, 9.17) is 16.1 Å². The van der Waals surface area contributed by atoms with E-state index in [1.807, 2.05) is 35.2 Å². The van der Waals surface area contributed by atoms with Crippen LogP contribution < -0.4 is 9.64 Å². The Bertz CT molecular complexity index is 2350. The van der Waals surface area contributed by atoms with Gasteiger partial charge in [0, 0.05) is 73.8 Å². The van der Waals surface area contributed by atoms with E-state index in [2.05, 4.69) is 30.8 Å². The van der Waals surface area contributed by atoms with Gasteiger partial charge in [0.1, 0.15) is 29.8 Å². The summed E-state index contributed by atoms with van der Waals surface area (Å²) in [5, 5.41) is 1.91. The number of likely N-dealkylation sites (tertiary alicyclic amines) is 1. The number of rotatable bonds is 7. The summed E-state index contributed by atoms with van der Waals surface area (Å²) in [7, 11) is 0. The number of alkyl halides is 1. The summed E-state index contributed by atoms with van der Waals surface area (Å²) in [6.07, 6.45) is 13.8. The van der Waals surface area contributed by atoms with Crippen LogP contribution in [0.2, 0.25) is 0 Å². The minimum Gasteiger partial charge on any atom is -0.461 e. The molecule has 10 nitrogen and oxygen atoms in total. The minimum absolute atomic E-state index is 0.0140. The number of nitrogens with zero attached hydrogens (tertiary/aromatic N) is 8. The standard InChI is InChI=1S/C40H35F3N8O2/c1-2-25-7-3-8-26-9-4-10-28(32(25)26)34-33(43)35-29(21-46-34)36(48-38(47-35)53-24-40-11-5-16-50(40)22-27(41)20-40)49-17-12-39(23-49)13-18-51(39)37(52)30(42)19-31-44-14-6-15-45-31/h1,3-4,6-10,14-15,19,21,27H,5,11-13,16-18,20,22-24H2/b30-19-/t27-,39?,40+/m1/s1. The Hall–Kier alpha value is -5.61. The first-order valence-corrected chi connectivity index (χ1v) is 17.9. The van der Waals surface area contributed by atoms with Gasteiger partial charge in [0.15, 0.2) is 17.5 Å². The molecular formula is C40H35F3N8O2. The zero-order chi connectivity index (χ0) is 36.3. The second kappa shape index (κ2) is 12.8. The molecule has 0 bridgehead atoms. The first kappa shape index (κ1) is 33.2. The molecule has 1 unspecified atom stereocenters. The summed E-state index contributed by atoms with van der Waals surface area (Å²) >= 11 is 0. The Labute approximate surface area is 303 Å². The van der Waals surface area contributed by atoms with E-state index in [0.717, 1.165) is 30.8 Å². The molecule has 4 fully saturated rings. The molecule has 268 valence electrons. The van der Waals surface area contributed by atoms with Crippen molar-refractivity contribution in [3.63, 3.8) is 0 Å². The van der Waals surface area contributed by atoms with Gasteiger partial charge in [-0.1, -0.05) is 36.3 Å². The molecule has 0 radical (unpaired) electrons. The monoisotopic (exact) mass is 716 g/mol. The average Bonchev–Trinajstić information content (AvgIpc) is 3.87. The number of carbonyl (C=O) groups excluding carboxylic acids is 1.